The van der Waals surface area contributed by atoms with Crippen molar-refractivity contribution in [1.82, 2.24) is 4.57 Å². The van der Waals surface area contributed by atoms with Gasteiger partial charge >= 0.3 is 6.09 Å². The highest BCUT2D eigenvalue weighted by atomic mass is 16.6. The van der Waals surface area contributed by atoms with Crippen molar-refractivity contribution in [3.8, 4) is 0 Å². The quantitative estimate of drug-likeness (QED) is 0.391. The minimum absolute atomic E-state index is 0.429. The number of benzene rings is 1. The second kappa shape index (κ2) is 6.28. The molecule has 0 aliphatic carbocycles. The van der Waals surface area contributed by atoms with Gasteiger partial charge in [-0.25, -0.2) is 4.79 Å². The fourth-order valence-electron chi connectivity index (χ4n) is 2.34. The molecular weight excluding hydrogens is 292 g/mol. The van der Waals surface area contributed by atoms with Gasteiger partial charge in [0.25, 0.3) is 0 Å². The van der Waals surface area contributed by atoms with E-state index < -0.39 is 11.7 Å². The number of oxime groups is 1. The number of rotatable bonds is 3. The minimum atomic E-state index is -0.589. The standard InChI is InChI=1S/C18H22N2O3/c1-12(2)10-15(19-22)14-11-20(17(21)23-18(3,4)5)16-9-7-6-8-13(14)16/h6-9,11,22H,1,10H2,2-5H3/b19-15+. The topological polar surface area (TPSA) is 63.8 Å². The van der Waals surface area contributed by atoms with Crippen molar-refractivity contribution in [3.63, 3.8) is 0 Å². The molecule has 0 unspecified atom stereocenters. The Kier molecular flexibility index (Phi) is 4.59. The number of hydrogen-bond donors (Lipinski definition) is 1. The maximum absolute atomic E-state index is 12.4. The van der Waals surface area contributed by atoms with Crippen LogP contribution >= 0.6 is 0 Å². The zero-order valence-corrected chi connectivity index (χ0v) is 14.0. The number of aromatic nitrogens is 1. The molecule has 0 aliphatic rings. The number of nitrogens with zero attached hydrogens (tertiary/aromatic N) is 2. The normalized spacial score (nSPS) is 12.4. The average molecular weight is 314 g/mol. The number of fused-ring (bicyclic) bond motifs is 1. The third kappa shape index (κ3) is 3.80. The molecule has 1 aromatic carbocycles. The number of ether oxygens (including phenoxy) is 1. The Morgan fingerprint density at radius 2 is 2.00 bits per heavy atom. The number of carbonyl (C=O) groups is 1. The van der Waals surface area contributed by atoms with Crippen molar-refractivity contribution in [2.75, 3.05) is 0 Å². The summed E-state index contributed by atoms with van der Waals surface area (Å²) in [5, 5.41) is 13.6. The van der Waals surface area contributed by atoms with E-state index in [0.717, 1.165) is 11.0 Å². The van der Waals surface area contributed by atoms with Gasteiger partial charge in [0.1, 0.15) is 5.60 Å². The highest BCUT2D eigenvalue weighted by Crippen LogP contribution is 2.25. The second-order valence-corrected chi connectivity index (χ2v) is 6.59. The molecule has 0 aliphatic heterocycles. The van der Waals surface area contributed by atoms with Crippen molar-refractivity contribution in [3.05, 3.63) is 48.2 Å². The largest absolute Gasteiger partial charge is 0.443 e. The summed E-state index contributed by atoms with van der Waals surface area (Å²) in [6, 6.07) is 7.44. The third-order valence-corrected chi connectivity index (χ3v) is 3.20. The highest BCUT2D eigenvalue weighted by molar-refractivity contribution is 6.12. The van der Waals surface area contributed by atoms with E-state index in [2.05, 4.69) is 11.7 Å². The van der Waals surface area contributed by atoms with Crippen LogP contribution in [0.5, 0.6) is 0 Å². The molecule has 1 heterocycles. The van der Waals surface area contributed by atoms with Crippen LogP contribution in [-0.4, -0.2) is 27.2 Å². The van der Waals surface area contributed by atoms with Crippen LogP contribution in [0.15, 0.2) is 47.8 Å². The fourth-order valence-corrected chi connectivity index (χ4v) is 2.34. The van der Waals surface area contributed by atoms with Crippen molar-refractivity contribution in [2.45, 2.75) is 39.7 Å². The first kappa shape index (κ1) is 16.8. The van der Waals surface area contributed by atoms with Crippen LogP contribution in [0.1, 0.15) is 39.7 Å². The van der Waals surface area contributed by atoms with E-state index in [1.807, 2.05) is 52.0 Å². The summed E-state index contributed by atoms with van der Waals surface area (Å²) in [6.07, 6.45) is 1.61. The first-order valence-corrected chi connectivity index (χ1v) is 7.42. The molecule has 2 rings (SSSR count). The van der Waals surface area contributed by atoms with Gasteiger partial charge in [0.15, 0.2) is 0 Å². The van der Waals surface area contributed by atoms with Gasteiger partial charge in [-0.2, -0.15) is 0 Å². The number of allylic oxidation sites excluding steroid dienone is 1. The summed E-state index contributed by atoms with van der Waals surface area (Å²) in [5.41, 5.74) is 2.15. The number of para-hydroxylation sites is 1. The fraction of sp³-hybridized carbons (Fsp3) is 0.333. The molecule has 1 aromatic heterocycles. The van der Waals surface area contributed by atoms with Gasteiger partial charge in [0, 0.05) is 23.6 Å². The molecular formula is C18H22N2O3. The van der Waals surface area contributed by atoms with Gasteiger partial charge in [0.05, 0.1) is 11.2 Å². The van der Waals surface area contributed by atoms with E-state index >= 15 is 0 Å². The van der Waals surface area contributed by atoms with Crippen LogP contribution < -0.4 is 0 Å². The van der Waals surface area contributed by atoms with E-state index in [4.69, 9.17) is 4.74 Å². The molecule has 0 bridgehead atoms. The lowest BCUT2D eigenvalue weighted by Crippen LogP contribution is -2.26. The summed E-state index contributed by atoms with van der Waals surface area (Å²) < 4.78 is 6.89. The van der Waals surface area contributed by atoms with E-state index in [1.54, 1.807) is 6.20 Å². The Bertz CT molecular complexity index is 779. The molecule has 5 heteroatoms. The van der Waals surface area contributed by atoms with Gasteiger partial charge in [-0.3, -0.25) is 4.57 Å². The maximum atomic E-state index is 12.4. The predicted molar refractivity (Wildman–Crippen MR) is 91.3 cm³/mol. The first-order chi connectivity index (χ1) is 10.7. The van der Waals surface area contributed by atoms with Gasteiger partial charge in [-0.1, -0.05) is 35.5 Å². The Hall–Kier alpha value is -2.56. The zero-order valence-electron chi connectivity index (χ0n) is 14.0. The van der Waals surface area contributed by atoms with E-state index in [0.29, 0.717) is 23.2 Å². The average Bonchev–Trinajstić information content (AvgIpc) is 2.82. The third-order valence-electron chi connectivity index (χ3n) is 3.20. The maximum Gasteiger partial charge on any atom is 0.419 e. The molecule has 0 fully saturated rings. The molecule has 0 spiro atoms. The molecule has 122 valence electrons. The summed E-state index contributed by atoms with van der Waals surface area (Å²) in [7, 11) is 0. The SMILES string of the molecule is C=C(C)C/C(=N\O)c1cn(C(=O)OC(C)(C)C)c2ccccc12. The van der Waals surface area contributed by atoms with Crippen LogP contribution in [0.2, 0.25) is 0 Å². The molecule has 0 amide bonds. The van der Waals surface area contributed by atoms with E-state index in [-0.39, 0.29) is 0 Å². The molecule has 1 N–H and O–H groups in total. The van der Waals surface area contributed by atoms with Gasteiger partial charge in [-0.15, -0.1) is 0 Å². The molecule has 23 heavy (non-hydrogen) atoms. The van der Waals surface area contributed by atoms with Crippen LogP contribution in [0.25, 0.3) is 10.9 Å². The monoisotopic (exact) mass is 314 g/mol. The van der Waals surface area contributed by atoms with Crippen molar-refractivity contribution in [1.29, 1.82) is 0 Å². The number of carbonyl (C=O) groups excluding carboxylic acids is 1. The van der Waals surface area contributed by atoms with Crippen LogP contribution in [0, 0.1) is 0 Å². The van der Waals surface area contributed by atoms with Gasteiger partial charge in [0.2, 0.25) is 0 Å². The van der Waals surface area contributed by atoms with Crippen molar-refractivity contribution >= 4 is 22.7 Å². The zero-order chi connectivity index (χ0) is 17.2. The molecule has 0 atom stereocenters. The summed E-state index contributed by atoms with van der Waals surface area (Å²) in [4.78, 5) is 12.4. The first-order valence-electron chi connectivity index (χ1n) is 7.42. The van der Waals surface area contributed by atoms with E-state index in [9.17, 15) is 10.0 Å². The van der Waals surface area contributed by atoms with Crippen LogP contribution in [-0.2, 0) is 4.74 Å². The van der Waals surface area contributed by atoms with E-state index in [1.165, 1.54) is 4.57 Å². The van der Waals surface area contributed by atoms with Crippen molar-refractivity contribution in [2.24, 2.45) is 5.16 Å². The Labute approximate surface area is 135 Å². The summed E-state index contributed by atoms with van der Waals surface area (Å²) in [6.45, 7) is 11.2. The Morgan fingerprint density at radius 1 is 1.35 bits per heavy atom. The van der Waals surface area contributed by atoms with Crippen LogP contribution in [0.4, 0.5) is 4.79 Å². The Morgan fingerprint density at radius 3 is 2.57 bits per heavy atom. The number of hydrogen-bond acceptors (Lipinski definition) is 4. The predicted octanol–water partition coefficient (Wildman–Crippen LogP) is 4.57. The second-order valence-electron chi connectivity index (χ2n) is 6.59. The Balaban J connectivity index is 2.56. The smallest absolute Gasteiger partial charge is 0.419 e. The lowest BCUT2D eigenvalue weighted by atomic mass is 10.0. The summed E-state index contributed by atoms with van der Waals surface area (Å²) >= 11 is 0. The van der Waals surface area contributed by atoms with Crippen molar-refractivity contribution < 1.29 is 14.7 Å². The lowest BCUT2D eigenvalue weighted by molar-refractivity contribution is 0.0544. The molecule has 0 saturated heterocycles. The summed E-state index contributed by atoms with van der Waals surface area (Å²) in [5.74, 6) is 0. The van der Waals surface area contributed by atoms with Crippen LogP contribution in [0.3, 0.4) is 0 Å². The van der Waals surface area contributed by atoms with Gasteiger partial charge in [-0.05, 0) is 33.8 Å². The molecule has 0 radical (unpaired) electrons. The minimum Gasteiger partial charge on any atom is -0.443 e. The molecule has 2 aromatic rings. The highest BCUT2D eigenvalue weighted by Gasteiger charge is 2.22. The van der Waals surface area contributed by atoms with Gasteiger partial charge < -0.3 is 9.94 Å². The molecule has 0 saturated carbocycles. The lowest BCUT2D eigenvalue weighted by Gasteiger charge is -2.19. The molecule has 5 nitrogen and oxygen atoms in total.